The average Bonchev–Trinajstić information content (AvgIpc) is 3.17. The average molecular weight is 526 g/mol. The maximum Gasteiger partial charge on any atom is 0.407 e. The number of nitrogens with zero attached hydrogens (tertiary/aromatic N) is 2. The van der Waals surface area contributed by atoms with Crippen LogP contribution in [0.25, 0.3) is 0 Å². The van der Waals surface area contributed by atoms with Gasteiger partial charge in [0.15, 0.2) is 0 Å². The van der Waals surface area contributed by atoms with E-state index in [0.29, 0.717) is 26.2 Å². The molecule has 0 radical (unpaired) electrons. The third-order valence-corrected chi connectivity index (χ3v) is 5.89. The largest absolute Gasteiger partial charge is 0.457 e. The molecule has 0 saturated heterocycles. The van der Waals surface area contributed by atoms with E-state index in [2.05, 4.69) is 25.8 Å². The van der Waals surface area contributed by atoms with Crippen LogP contribution in [0.15, 0.2) is 42.6 Å². The Labute approximate surface area is 226 Å². The molecule has 0 bridgehead atoms. The van der Waals surface area contributed by atoms with Crippen LogP contribution >= 0.6 is 0 Å². The van der Waals surface area contributed by atoms with Gasteiger partial charge in [-0.3, -0.25) is 9.88 Å². The Bertz CT molecular complexity index is 1080. The van der Waals surface area contributed by atoms with Crippen molar-refractivity contribution in [2.45, 2.75) is 84.7 Å². The lowest BCUT2D eigenvalue weighted by Gasteiger charge is -2.36. The molecule has 3 rings (SSSR count). The number of aromatic nitrogens is 1. The highest BCUT2D eigenvalue weighted by Crippen LogP contribution is 2.36. The van der Waals surface area contributed by atoms with Crippen molar-refractivity contribution in [1.82, 2.24) is 15.2 Å². The number of hydrogen-bond acceptors (Lipinski definition) is 8. The van der Waals surface area contributed by atoms with Gasteiger partial charge in [0.1, 0.15) is 11.2 Å². The summed E-state index contributed by atoms with van der Waals surface area (Å²) >= 11 is 0. The fraction of sp³-hybridized carbons (Fsp3) is 0.552. The molecule has 9 heteroatoms. The Kier molecular flexibility index (Phi) is 9.25. The summed E-state index contributed by atoms with van der Waals surface area (Å²) in [5, 5.41) is 9.65. The number of carbonyl (C=O) groups excluding carboxylic acids is 2. The second kappa shape index (κ2) is 12.0. The molecule has 2 aromatic rings. The number of nitrogens with one attached hydrogen (secondary N) is 3. The molecule has 208 valence electrons. The van der Waals surface area contributed by atoms with Crippen LogP contribution in [-0.4, -0.2) is 58.4 Å². The van der Waals surface area contributed by atoms with Gasteiger partial charge in [0.05, 0.1) is 23.6 Å². The first-order chi connectivity index (χ1) is 17.8. The third-order valence-electron chi connectivity index (χ3n) is 5.89. The van der Waals surface area contributed by atoms with Crippen LogP contribution in [0.2, 0.25) is 0 Å². The number of para-hydroxylation sites is 2. The van der Waals surface area contributed by atoms with Gasteiger partial charge in [0, 0.05) is 19.3 Å². The minimum atomic E-state index is -1.16. The summed E-state index contributed by atoms with van der Waals surface area (Å²) in [6.45, 7) is 15.3. The molecule has 38 heavy (non-hydrogen) atoms. The van der Waals surface area contributed by atoms with Gasteiger partial charge in [-0.2, -0.15) is 0 Å². The monoisotopic (exact) mass is 525 g/mol. The zero-order chi connectivity index (χ0) is 28.0. The maximum atomic E-state index is 13.6. The summed E-state index contributed by atoms with van der Waals surface area (Å²) in [7, 11) is 0. The number of rotatable bonds is 10. The third kappa shape index (κ3) is 8.62. The number of alkyl carbamates (subject to hydrolysis) is 1. The lowest BCUT2D eigenvalue weighted by molar-refractivity contribution is -0.160. The highest BCUT2D eigenvalue weighted by atomic mass is 16.6. The van der Waals surface area contributed by atoms with Crippen molar-refractivity contribution in [1.29, 1.82) is 0 Å². The lowest BCUT2D eigenvalue weighted by atomic mass is 10.1. The molecule has 1 aromatic carbocycles. The second-order valence-electron chi connectivity index (χ2n) is 11.8. The van der Waals surface area contributed by atoms with Crippen LogP contribution in [0.1, 0.15) is 65.6 Å². The predicted molar refractivity (Wildman–Crippen MR) is 150 cm³/mol. The van der Waals surface area contributed by atoms with Crippen molar-refractivity contribution in [2.75, 3.05) is 30.3 Å². The summed E-state index contributed by atoms with van der Waals surface area (Å²) < 4.78 is 11.2. The molecule has 0 aliphatic carbocycles. The van der Waals surface area contributed by atoms with E-state index in [1.165, 1.54) is 0 Å². The van der Waals surface area contributed by atoms with Crippen molar-refractivity contribution >= 4 is 23.4 Å². The van der Waals surface area contributed by atoms with Crippen LogP contribution < -0.4 is 16.0 Å². The number of esters is 1. The van der Waals surface area contributed by atoms with Crippen molar-refractivity contribution in [3.8, 4) is 0 Å². The zero-order valence-corrected chi connectivity index (χ0v) is 23.8. The second-order valence-corrected chi connectivity index (χ2v) is 11.8. The van der Waals surface area contributed by atoms with Crippen molar-refractivity contribution in [2.24, 2.45) is 0 Å². The van der Waals surface area contributed by atoms with Gasteiger partial charge in [-0.15, -0.1) is 0 Å². The van der Waals surface area contributed by atoms with E-state index in [4.69, 9.17) is 9.47 Å². The molecule has 1 aliphatic rings. The van der Waals surface area contributed by atoms with E-state index < -0.39 is 23.0 Å². The first kappa shape index (κ1) is 29.2. The van der Waals surface area contributed by atoms with E-state index in [-0.39, 0.29) is 5.97 Å². The predicted octanol–water partition coefficient (Wildman–Crippen LogP) is 5.07. The van der Waals surface area contributed by atoms with E-state index in [9.17, 15) is 9.59 Å². The minimum Gasteiger partial charge on any atom is -0.457 e. The molecule has 1 aliphatic heterocycles. The van der Waals surface area contributed by atoms with E-state index in [0.717, 1.165) is 35.5 Å². The molecular weight excluding hydrogens is 482 g/mol. The van der Waals surface area contributed by atoms with Gasteiger partial charge in [-0.1, -0.05) is 18.2 Å². The topological polar surface area (TPSA) is 105 Å². The molecule has 0 atom stereocenters. The van der Waals surface area contributed by atoms with E-state index in [1.807, 2.05) is 84.9 Å². The number of ether oxygens (including phenoxy) is 2. The maximum absolute atomic E-state index is 13.6. The number of benzene rings is 1. The van der Waals surface area contributed by atoms with E-state index in [1.54, 1.807) is 6.20 Å². The molecular formula is C29H43N5O4. The molecule has 9 nitrogen and oxygen atoms in total. The van der Waals surface area contributed by atoms with Crippen LogP contribution in [0.4, 0.5) is 16.2 Å². The standard InChI is InChI=1S/C29H43N5O4/c1-21-13-12-17-30-24(21)19-34(18-11-10-16-31-26(36)38-28(5,6)7)20-29(25(35)37-27(2,3)4)32-22-14-8-9-15-23(22)33-29/h8-9,12-15,17,32-33H,10-11,16,18-20H2,1-7H3,(H,31,36). The molecule has 3 N–H and O–H groups in total. The normalized spacial score (nSPS) is 14.3. The molecule has 0 saturated carbocycles. The van der Waals surface area contributed by atoms with Gasteiger partial charge in [0.25, 0.3) is 0 Å². The zero-order valence-electron chi connectivity index (χ0n) is 23.8. The summed E-state index contributed by atoms with van der Waals surface area (Å²) in [4.78, 5) is 32.4. The number of pyridine rings is 1. The Morgan fingerprint density at radius 2 is 1.58 bits per heavy atom. The van der Waals surface area contributed by atoms with Crippen LogP contribution in [0.5, 0.6) is 0 Å². The Morgan fingerprint density at radius 1 is 0.947 bits per heavy atom. The molecule has 1 amide bonds. The SMILES string of the molecule is Cc1cccnc1CN(CCCCNC(=O)OC(C)(C)C)CC1(C(=O)OC(C)(C)C)Nc2ccccc2N1. The number of aryl methyl sites for hydroxylation is 1. The number of hydrogen-bond donors (Lipinski definition) is 3. The van der Waals surface area contributed by atoms with Gasteiger partial charge in [-0.05, 0) is 91.6 Å². The van der Waals surface area contributed by atoms with E-state index >= 15 is 0 Å². The number of anilines is 2. The van der Waals surface area contributed by atoms with Gasteiger partial charge in [0.2, 0.25) is 5.66 Å². The molecule has 0 spiro atoms. The highest BCUT2D eigenvalue weighted by Gasteiger charge is 2.47. The Hall–Kier alpha value is -3.33. The molecule has 1 aromatic heterocycles. The smallest absolute Gasteiger partial charge is 0.407 e. The quantitative estimate of drug-likeness (QED) is 0.292. The Balaban J connectivity index is 1.75. The number of carbonyl (C=O) groups is 2. The van der Waals surface area contributed by atoms with Crippen molar-refractivity contribution in [3.05, 3.63) is 53.9 Å². The summed E-state index contributed by atoms with van der Waals surface area (Å²) in [6, 6.07) is 11.7. The number of amides is 1. The minimum absolute atomic E-state index is 0.353. The molecule has 0 unspecified atom stereocenters. The summed E-state index contributed by atoms with van der Waals surface area (Å²) in [6.07, 6.45) is 2.94. The number of unbranched alkanes of at least 4 members (excludes halogenated alkanes) is 1. The molecule has 0 fully saturated rings. The number of fused-ring (bicyclic) bond motifs is 1. The Morgan fingerprint density at radius 3 is 2.16 bits per heavy atom. The van der Waals surface area contributed by atoms with Gasteiger partial charge >= 0.3 is 12.1 Å². The van der Waals surface area contributed by atoms with Crippen molar-refractivity contribution < 1.29 is 19.1 Å². The van der Waals surface area contributed by atoms with Crippen LogP contribution in [-0.2, 0) is 20.8 Å². The fourth-order valence-electron chi connectivity index (χ4n) is 4.21. The van der Waals surface area contributed by atoms with Crippen LogP contribution in [0.3, 0.4) is 0 Å². The van der Waals surface area contributed by atoms with Crippen molar-refractivity contribution in [3.63, 3.8) is 0 Å². The molecule has 2 heterocycles. The highest BCUT2D eigenvalue weighted by molar-refractivity contribution is 5.94. The summed E-state index contributed by atoms with van der Waals surface area (Å²) in [5.74, 6) is -0.365. The first-order valence-electron chi connectivity index (χ1n) is 13.2. The fourth-order valence-corrected chi connectivity index (χ4v) is 4.21. The van der Waals surface area contributed by atoms with Crippen LogP contribution in [0, 0.1) is 6.92 Å². The van der Waals surface area contributed by atoms with Gasteiger partial charge < -0.3 is 25.4 Å². The first-order valence-corrected chi connectivity index (χ1v) is 13.2. The lowest BCUT2D eigenvalue weighted by Crippen LogP contribution is -2.59. The van der Waals surface area contributed by atoms with Gasteiger partial charge in [-0.25, -0.2) is 9.59 Å². The summed E-state index contributed by atoms with van der Waals surface area (Å²) in [5.41, 5.74) is 1.42.